The fraction of sp³-hybridized carbons (Fsp3) is 1.00. The summed E-state index contributed by atoms with van der Waals surface area (Å²) in [5.41, 5.74) is 0. The molecule has 3 heteroatoms. The molecule has 0 heterocycles. The molecule has 0 saturated heterocycles. The van der Waals surface area contributed by atoms with Crippen LogP contribution < -0.4 is 0 Å². The van der Waals surface area contributed by atoms with Crippen molar-refractivity contribution in [3.8, 4) is 0 Å². The van der Waals surface area contributed by atoms with E-state index in [0.717, 1.165) is 0 Å². The Morgan fingerprint density at radius 1 is 0.909 bits per heavy atom. The lowest BCUT2D eigenvalue weighted by molar-refractivity contribution is -0.0237. The number of methoxy groups -OCH3 is 2. The average Bonchev–Trinajstić information content (AvgIpc) is 2.04. The van der Waals surface area contributed by atoms with E-state index in [1.807, 2.05) is 13.8 Å². The first kappa shape index (κ1) is 10.9. The standard InChI is InChI=1S/C8H18O3/c1-7(9-3)5-11-6-8(2)10-4/h7-8H,5-6H2,1-4H3/t7-,8-/m0/s1. The number of hydrogen-bond acceptors (Lipinski definition) is 3. The monoisotopic (exact) mass is 162 g/mol. The normalized spacial score (nSPS) is 16.4. The van der Waals surface area contributed by atoms with Crippen LogP contribution in [0.2, 0.25) is 0 Å². The van der Waals surface area contributed by atoms with Gasteiger partial charge in [0.1, 0.15) is 0 Å². The van der Waals surface area contributed by atoms with Gasteiger partial charge in [0, 0.05) is 14.2 Å². The van der Waals surface area contributed by atoms with Gasteiger partial charge < -0.3 is 14.2 Å². The van der Waals surface area contributed by atoms with Crippen molar-refractivity contribution < 1.29 is 14.2 Å². The van der Waals surface area contributed by atoms with E-state index in [1.165, 1.54) is 0 Å². The molecule has 2 atom stereocenters. The van der Waals surface area contributed by atoms with E-state index in [1.54, 1.807) is 14.2 Å². The fourth-order valence-corrected chi connectivity index (χ4v) is 0.536. The Morgan fingerprint density at radius 2 is 1.27 bits per heavy atom. The quantitative estimate of drug-likeness (QED) is 0.584. The summed E-state index contributed by atoms with van der Waals surface area (Å²) in [6, 6.07) is 0. The third-order valence-corrected chi connectivity index (χ3v) is 1.51. The van der Waals surface area contributed by atoms with Crippen molar-refractivity contribution in [1.29, 1.82) is 0 Å². The molecule has 0 fully saturated rings. The van der Waals surface area contributed by atoms with Gasteiger partial charge in [-0.2, -0.15) is 0 Å². The Morgan fingerprint density at radius 3 is 1.55 bits per heavy atom. The van der Waals surface area contributed by atoms with E-state index in [-0.39, 0.29) is 12.2 Å². The van der Waals surface area contributed by atoms with Crippen LogP contribution >= 0.6 is 0 Å². The fourth-order valence-electron chi connectivity index (χ4n) is 0.536. The van der Waals surface area contributed by atoms with Gasteiger partial charge in [-0.3, -0.25) is 0 Å². The van der Waals surface area contributed by atoms with Gasteiger partial charge in [-0.15, -0.1) is 0 Å². The topological polar surface area (TPSA) is 27.7 Å². The molecule has 0 aliphatic rings. The van der Waals surface area contributed by atoms with Crippen LogP contribution in [0.15, 0.2) is 0 Å². The molecule has 3 nitrogen and oxygen atoms in total. The van der Waals surface area contributed by atoms with Crippen molar-refractivity contribution in [1.82, 2.24) is 0 Å². The molecule has 0 aromatic carbocycles. The first-order chi connectivity index (χ1) is 5.20. The minimum absolute atomic E-state index is 0.166. The molecule has 0 amide bonds. The maximum atomic E-state index is 5.29. The second kappa shape index (κ2) is 6.58. The van der Waals surface area contributed by atoms with Crippen LogP contribution in [0.25, 0.3) is 0 Å². The molecule has 0 radical (unpaired) electrons. The zero-order chi connectivity index (χ0) is 8.69. The van der Waals surface area contributed by atoms with Gasteiger partial charge in [0.25, 0.3) is 0 Å². The Labute approximate surface area is 68.6 Å². The van der Waals surface area contributed by atoms with Crippen molar-refractivity contribution in [2.24, 2.45) is 0 Å². The summed E-state index contributed by atoms with van der Waals surface area (Å²) in [4.78, 5) is 0. The largest absolute Gasteiger partial charge is 0.379 e. The van der Waals surface area contributed by atoms with E-state index in [2.05, 4.69) is 0 Å². The summed E-state index contributed by atoms with van der Waals surface area (Å²) in [5.74, 6) is 0. The van der Waals surface area contributed by atoms with Gasteiger partial charge in [0.2, 0.25) is 0 Å². The van der Waals surface area contributed by atoms with Crippen LogP contribution in [-0.4, -0.2) is 39.6 Å². The van der Waals surface area contributed by atoms with Crippen molar-refractivity contribution in [3.63, 3.8) is 0 Å². The molecule has 0 N–H and O–H groups in total. The lowest BCUT2D eigenvalue weighted by Gasteiger charge is -2.13. The molecule has 0 saturated carbocycles. The molecular weight excluding hydrogens is 144 g/mol. The zero-order valence-electron chi connectivity index (χ0n) is 7.79. The summed E-state index contributed by atoms with van der Waals surface area (Å²) < 4.78 is 15.3. The molecule has 0 spiro atoms. The van der Waals surface area contributed by atoms with Crippen LogP contribution in [0.4, 0.5) is 0 Å². The summed E-state index contributed by atoms with van der Waals surface area (Å²) in [5, 5.41) is 0. The van der Waals surface area contributed by atoms with E-state index in [4.69, 9.17) is 14.2 Å². The summed E-state index contributed by atoms with van der Waals surface area (Å²) in [6.45, 7) is 5.20. The predicted molar refractivity (Wildman–Crippen MR) is 43.8 cm³/mol. The highest BCUT2D eigenvalue weighted by Gasteiger charge is 2.02. The molecule has 11 heavy (non-hydrogen) atoms. The minimum Gasteiger partial charge on any atom is -0.379 e. The molecule has 0 unspecified atom stereocenters. The van der Waals surface area contributed by atoms with Crippen molar-refractivity contribution in [2.75, 3.05) is 27.4 Å². The smallest absolute Gasteiger partial charge is 0.0776 e. The predicted octanol–water partition coefficient (Wildman–Crippen LogP) is 1.07. The molecule has 0 aromatic heterocycles. The van der Waals surface area contributed by atoms with E-state index in [0.29, 0.717) is 13.2 Å². The highest BCUT2D eigenvalue weighted by molar-refractivity contribution is 4.48. The Bertz CT molecular complexity index is 75.4. The van der Waals surface area contributed by atoms with E-state index in [9.17, 15) is 0 Å². The van der Waals surface area contributed by atoms with Crippen molar-refractivity contribution in [2.45, 2.75) is 26.1 Å². The first-order valence-corrected chi connectivity index (χ1v) is 3.84. The molecule has 0 aromatic rings. The molecular formula is C8H18O3. The SMILES string of the molecule is CO[C@@H](C)COC[C@H](C)OC. The molecule has 0 aliphatic carbocycles. The minimum atomic E-state index is 0.166. The lowest BCUT2D eigenvalue weighted by Crippen LogP contribution is -2.20. The van der Waals surface area contributed by atoms with E-state index < -0.39 is 0 Å². The van der Waals surface area contributed by atoms with Gasteiger partial charge in [0.15, 0.2) is 0 Å². The Hall–Kier alpha value is -0.120. The number of ether oxygens (including phenoxy) is 3. The molecule has 0 bridgehead atoms. The second-order valence-corrected chi connectivity index (χ2v) is 2.63. The van der Waals surface area contributed by atoms with Gasteiger partial charge in [-0.25, -0.2) is 0 Å². The highest BCUT2D eigenvalue weighted by atomic mass is 16.5. The Kier molecular flexibility index (Phi) is 6.51. The van der Waals surface area contributed by atoms with Gasteiger partial charge in [0.05, 0.1) is 25.4 Å². The third-order valence-electron chi connectivity index (χ3n) is 1.51. The van der Waals surface area contributed by atoms with Gasteiger partial charge in [-0.1, -0.05) is 0 Å². The van der Waals surface area contributed by atoms with Crippen molar-refractivity contribution >= 4 is 0 Å². The van der Waals surface area contributed by atoms with Gasteiger partial charge in [-0.05, 0) is 13.8 Å². The molecule has 0 rings (SSSR count). The average molecular weight is 162 g/mol. The highest BCUT2D eigenvalue weighted by Crippen LogP contribution is 1.92. The first-order valence-electron chi connectivity index (χ1n) is 3.84. The maximum Gasteiger partial charge on any atom is 0.0776 e. The third kappa shape index (κ3) is 6.28. The number of rotatable bonds is 6. The summed E-state index contributed by atoms with van der Waals surface area (Å²) in [7, 11) is 3.35. The van der Waals surface area contributed by atoms with E-state index >= 15 is 0 Å². The van der Waals surface area contributed by atoms with Crippen LogP contribution in [-0.2, 0) is 14.2 Å². The molecule has 68 valence electrons. The van der Waals surface area contributed by atoms with Crippen molar-refractivity contribution in [3.05, 3.63) is 0 Å². The van der Waals surface area contributed by atoms with Gasteiger partial charge >= 0.3 is 0 Å². The van der Waals surface area contributed by atoms with Crippen LogP contribution in [0, 0.1) is 0 Å². The lowest BCUT2D eigenvalue weighted by atomic mass is 10.4. The summed E-state index contributed by atoms with van der Waals surface area (Å²) >= 11 is 0. The summed E-state index contributed by atoms with van der Waals surface area (Å²) in [6.07, 6.45) is 0.332. The zero-order valence-corrected chi connectivity index (χ0v) is 7.79. The van der Waals surface area contributed by atoms with Crippen LogP contribution in [0.1, 0.15) is 13.8 Å². The maximum absolute atomic E-state index is 5.29. The Balaban J connectivity index is 3.13. The van der Waals surface area contributed by atoms with Crippen LogP contribution in [0.3, 0.4) is 0 Å². The second-order valence-electron chi connectivity index (χ2n) is 2.63. The molecule has 0 aliphatic heterocycles. The number of hydrogen-bond donors (Lipinski definition) is 0. The van der Waals surface area contributed by atoms with Crippen LogP contribution in [0.5, 0.6) is 0 Å².